The molecule has 2 aromatic rings. The zero-order valence-corrected chi connectivity index (χ0v) is 13.5. The molecule has 0 saturated heterocycles. The van der Waals surface area contributed by atoms with Gasteiger partial charge in [-0.15, -0.1) is 11.8 Å². The van der Waals surface area contributed by atoms with E-state index in [2.05, 4.69) is 15.9 Å². The van der Waals surface area contributed by atoms with Crippen molar-refractivity contribution in [1.82, 2.24) is 0 Å². The summed E-state index contributed by atoms with van der Waals surface area (Å²) in [6, 6.07) is 10.00. The molecule has 2 rings (SSSR count). The highest BCUT2D eigenvalue weighted by Gasteiger charge is 2.11. The van der Waals surface area contributed by atoms with E-state index in [-0.39, 0.29) is 17.1 Å². The minimum absolute atomic E-state index is 0.186. The van der Waals surface area contributed by atoms with Gasteiger partial charge < -0.3 is 9.84 Å². The third-order valence-corrected chi connectivity index (χ3v) is 4.56. The molecule has 0 bridgehead atoms. The van der Waals surface area contributed by atoms with E-state index in [1.165, 1.54) is 18.9 Å². The highest BCUT2D eigenvalue weighted by molar-refractivity contribution is 9.10. The van der Waals surface area contributed by atoms with Gasteiger partial charge in [-0.05, 0) is 40.2 Å². The van der Waals surface area contributed by atoms with Crippen LogP contribution in [-0.2, 0) is 5.75 Å². The lowest BCUT2D eigenvalue weighted by atomic mass is 10.2. The van der Waals surface area contributed by atoms with Crippen LogP contribution in [0.2, 0.25) is 0 Å². The predicted molar refractivity (Wildman–Crippen MR) is 83.6 cm³/mol. The molecule has 0 fully saturated rings. The minimum atomic E-state index is -1.00. The molecule has 0 heterocycles. The first kappa shape index (κ1) is 15.9. The van der Waals surface area contributed by atoms with Crippen molar-refractivity contribution >= 4 is 33.7 Å². The van der Waals surface area contributed by atoms with E-state index in [0.29, 0.717) is 15.8 Å². The van der Waals surface area contributed by atoms with E-state index in [4.69, 9.17) is 9.84 Å². The number of hydrogen-bond acceptors (Lipinski definition) is 3. The molecule has 6 heteroatoms. The van der Waals surface area contributed by atoms with Crippen LogP contribution >= 0.6 is 27.7 Å². The molecule has 0 aromatic heterocycles. The molecule has 0 unspecified atom stereocenters. The van der Waals surface area contributed by atoms with Gasteiger partial charge in [0.25, 0.3) is 0 Å². The Morgan fingerprint density at radius 2 is 2.14 bits per heavy atom. The van der Waals surface area contributed by atoms with Crippen LogP contribution in [0, 0.1) is 5.82 Å². The van der Waals surface area contributed by atoms with Crippen LogP contribution in [-0.4, -0.2) is 18.2 Å². The van der Waals surface area contributed by atoms with Crippen LogP contribution < -0.4 is 4.74 Å². The van der Waals surface area contributed by atoms with Crippen LogP contribution in [0.25, 0.3) is 0 Å². The third-order valence-electron chi connectivity index (χ3n) is 2.83. The number of carboxylic acids is 1. The second kappa shape index (κ2) is 6.95. The second-order valence-electron chi connectivity index (χ2n) is 4.17. The summed E-state index contributed by atoms with van der Waals surface area (Å²) in [4.78, 5) is 11.8. The van der Waals surface area contributed by atoms with Crippen LogP contribution in [0.1, 0.15) is 15.9 Å². The van der Waals surface area contributed by atoms with Crippen LogP contribution in [0.15, 0.2) is 45.8 Å². The van der Waals surface area contributed by atoms with Gasteiger partial charge in [0, 0.05) is 20.7 Å². The zero-order chi connectivity index (χ0) is 15.4. The number of carbonyl (C=O) groups is 1. The Balaban J connectivity index is 2.17. The summed E-state index contributed by atoms with van der Waals surface area (Å²) in [5, 5.41) is 9.07. The maximum absolute atomic E-state index is 14.0. The van der Waals surface area contributed by atoms with E-state index >= 15 is 0 Å². The van der Waals surface area contributed by atoms with Gasteiger partial charge in [0.15, 0.2) is 11.6 Å². The topological polar surface area (TPSA) is 46.5 Å². The average molecular weight is 371 g/mol. The number of rotatable bonds is 5. The van der Waals surface area contributed by atoms with E-state index in [9.17, 15) is 9.18 Å². The fourth-order valence-electron chi connectivity index (χ4n) is 1.74. The number of hydrogen-bond donors (Lipinski definition) is 1. The van der Waals surface area contributed by atoms with Crippen molar-refractivity contribution in [3.63, 3.8) is 0 Å². The highest BCUT2D eigenvalue weighted by atomic mass is 79.9. The summed E-state index contributed by atoms with van der Waals surface area (Å²) in [7, 11) is 1.42. The molecule has 0 aliphatic carbocycles. The number of aromatic carboxylic acids is 1. The molecule has 21 heavy (non-hydrogen) atoms. The first-order chi connectivity index (χ1) is 10.0. The number of halogens is 2. The lowest BCUT2D eigenvalue weighted by molar-refractivity contribution is 0.0695. The Morgan fingerprint density at radius 3 is 2.81 bits per heavy atom. The fourth-order valence-corrected chi connectivity index (χ4v) is 3.07. The van der Waals surface area contributed by atoms with E-state index in [0.717, 1.165) is 4.90 Å². The molecule has 2 aromatic carbocycles. The molecule has 110 valence electrons. The SMILES string of the molecule is COc1cccc(CSc2ccc(Br)c(C(=O)O)c2)c1F. The smallest absolute Gasteiger partial charge is 0.336 e. The Hall–Kier alpha value is -1.53. The normalized spacial score (nSPS) is 10.4. The van der Waals surface area contributed by atoms with E-state index in [1.54, 1.807) is 36.4 Å². The lowest BCUT2D eigenvalue weighted by Crippen LogP contribution is -1.98. The number of ether oxygens (including phenoxy) is 1. The van der Waals surface area contributed by atoms with Crippen LogP contribution in [0.5, 0.6) is 5.75 Å². The fraction of sp³-hybridized carbons (Fsp3) is 0.133. The molecule has 0 spiro atoms. The first-order valence-electron chi connectivity index (χ1n) is 6.00. The average Bonchev–Trinajstić information content (AvgIpc) is 2.47. The van der Waals surface area contributed by atoms with Gasteiger partial charge in [-0.3, -0.25) is 0 Å². The van der Waals surface area contributed by atoms with Crippen LogP contribution in [0.4, 0.5) is 4.39 Å². The van der Waals surface area contributed by atoms with Gasteiger partial charge in [0.1, 0.15) is 0 Å². The van der Waals surface area contributed by atoms with Crippen molar-refractivity contribution in [2.75, 3.05) is 7.11 Å². The van der Waals surface area contributed by atoms with E-state index in [1.807, 2.05) is 0 Å². The maximum Gasteiger partial charge on any atom is 0.336 e. The lowest BCUT2D eigenvalue weighted by Gasteiger charge is -2.08. The molecule has 0 radical (unpaired) electrons. The molecule has 1 N–H and O–H groups in total. The molecule has 0 atom stereocenters. The predicted octanol–water partition coefficient (Wildman–Crippen LogP) is 4.59. The van der Waals surface area contributed by atoms with Crippen molar-refractivity contribution in [2.45, 2.75) is 10.6 Å². The van der Waals surface area contributed by atoms with Crippen LogP contribution in [0.3, 0.4) is 0 Å². The summed E-state index contributed by atoms with van der Waals surface area (Å²) in [5.41, 5.74) is 0.699. The van der Waals surface area contributed by atoms with Crippen molar-refractivity contribution in [1.29, 1.82) is 0 Å². The third kappa shape index (κ3) is 3.77. The summed E-state index contributed by atoms with van der Waals surface area (Å²) < 4.78 is 19.5. The highest BCUT2D eigenvalue weighted by Crippen LogP contribution is 2.30. The van der Waals surface area contributed by atoms with Gasteiger partial charge in [0.2, 0.25) is 0 Å². The molecule has 0 saturated carbocycles. The summed E-state index contributed by atoms with van der Waals surface area (Å²) >= 11 is 4.56. The quantitative estimate of drug-likeness (QED) is 0.782. The van der Waals surface area contributed by atoms with Gasteiger partial charge >= 0.3 is 5.97 Å². The number of carboxylic acid groups (broad SMARTS) is 1. The molecule has 0 aliphatic heterocycles. The van der Waals surface area contributed by atoms with Gasteiger partial charge in [-0.25, -0.2) is 9.18 Å². The number of methoxy groups -OCH3 is 1. The van der Waals surface area contributed by atoms with E-state index < -0.39 is 5.97 Å². The Bertz CT molecular complexity index is 676. The summed E-state index contributed by atoms with van der Waals surface area (Å²) in [6.45, 7) is 0. The van der Waals surface area contributed by atoms with Gasteiger partial charge in [-0.1, -0.05) is 12.1 Å². The zero-order valence-electron chi connectivity index (χ0n) is 11.1. The second-order valence-corrected chi connectivity index (χ2v) is 6.07. The first-order valence-corrected chi connectivity index (χ1v) is 7.78. The monoisotopic (exact) mass is 370 g/mol. The molecular weight excluding hydrogens is 359 g/mol. The molecule has 0 aliphatic rings. The Kier molecular flexibility index (Phi) is 5.25. The largest absolute Gasteiger partial charge is 0.494 e. The minimum Gasteiger partial charge on any atom is -0.494 e. The van der Waals surface area contributed by atoms with Crippen molar-refractivity contribution < 1.29 is 19.0 Å². The molecule has 3 nitrogen and oxygen atoms in total. The van der Waals surface area contributed by atoms with Crippen molar-refractivity contribution in [3.8, 4) is 5.75 Å². The van der Waals surface area contributed by atoms with Gasteiger partial charge in [-0.2, -0.15) is 0 Å². The van der Waals surface area contributed by atoms with Gasteiger partial charge in [0.05, 0.1) is 12.7 Å². The number of benzene rings is 2. The number of thioether (sulfide) groups is 1. The Morgan fingerprint density at radius 1 is 1.38 bits per heavy atom. The summed E-state index contributed by atoms with van der Waals surface area (Å²) in [5.74, 6) is -0.793. The Labute approximate surface area is 134 Å². The standard InChI is InChI=1S/C15H12BrFO3S/c1-20-13-4-2-3-9(14(13)17)8-21-10-5-6-12(16)11(7-10)15(18)19/h2-7H,8H2,1H3,(H,18,19). The van der Waals surface area contributed by atoms with Crippen molar-refractivity contribution in [3.05, 3.63) is 57.8 Å². The summed E-state index contributed by atoms with van der Waals surface area (Å²) in [6.07, 6.45) is 0. The van der Waals surface area contributed by atoms with Crippen molar-refractivity contribution in [2.24, 2.45) is 0 Å². The molecule has 0 amide bonds. The maximum atomic E-state index is 14.0. The molecular formula is C15H12BrFO3S.